The molecule has 0 aliphatic carbocycles. The van der Waals surface area contributed by atoms with Crippen molar-refractivity contribution in [3.63, 3.8) is 0 Å². The van der Waals surface area contributed by atoms with Crippen molar-refractivity contribution in [1.82, 2.24) is 25.1 Å². The summed E-state index contributed by atoms with van der Waals surface area (Å²) in [5, 5.41) is 15.7. The van der Waals surface area contributed by atoms with Gasteiger partial charge in [0.1, 0.15) is 6.54 Å². The summed E-state index contributed by atoms with van der Waals surface area (Å²) in [7, 11) is 0. The van der Waals surface area contributed by atoms with Gasteiger partial charge in [0, 0.05) is 18.2 Å². The first-order chi connectivity index (χ1) is 14.6. The van der Waals surface area contributed by atoms with E-state index in [2.05, 4.69) is 44.7 Å². The lowest BCUT2D eigenvalue weighted by Crippen LogP contribution is -2.36. The predicted molar refractivity (Wildman–Crippen MR) is 117 cm³/mol. The van der Waals surface area contributed by atoms with Crippen molar-refractivity contribution in [3.05, 3.63) is 59.1 Å². The summed E-state index contributed by atoms with van der Waals surface area (Å²) in [6.45, 7) is 4.39. The normalized spacial score (nSPS) is 17.1. The summed E-state index contributed by atoms with van der Waals surface area (Å²) in [4.78, 5) is 16.1. The average molecular weight is 425 g/mol. The van der Waals surface area contributed by atoms with Crippen LogP contribution < -0.4 is 5.32 Å². The molecular formula is C22H25ClN6O. The highest BCUT2D eigenvalue weighted by atomic mass is 35.5. The van der Waals surface area contributed by atoms with Gasteiger partial charge in [-0.15, -0.1) is 10.2 Å². The molecule has 0 bridgehead atoms. The van der Waals surface area contributed by atoms with Crippen LogP contribution in [0.1, 0.15) is 31.7 Å². The van der Waals surface area contributed by atoms with Crippen LogP contribution >= 0.6 is 11.6 Å². The first kappa shape index (κ1) is 20.5. The topological polar surface area (TPSA) is 75.9 Å². The van der Waals surface area contributed by atoms with Gasteiger partial charge >= 0.3 is 0 Å². The van der Waals surface area contributed by atoms with Crippen molar-refractivity contribution in [2.24, 2.45) is 0 Å². The second kappa shape index (κ2) is 9.36. The molecule has 1 amide bonds. The number of halogens is 1. The van der Waals surface area contributed by atoms with E-state index in [-0.39, 0.29) is 12.5 Å². The van der Waals surface area contributed by atoms with E-state index in [1.54, 1.807) is 12.1 Å². The number of nitrogens with zero attached hydrogens (tertiary/aromatic N) is 5. The lowest BCUT2D eigenvalue weighted by Gasteiger charge is -2.33. The summed E-state index contributed by atoms with van der Waals surface area (Å²) in [5.41, 5.74) is 2.71. The summed E-state index contributed by atoms with van der Waals surface area (Å²) in [5.74, 6) is 0.233. The molecule has 30 heavy (non-hydrogen) atoms. The van der Waals surface area contributed by atoms with Gasteiger partial charge in [0.25, 0.3) is 0 Å². The Kier molecular flexibility index (Phi) is 6.40. The molecule has 156 valence electrons. The Morgan fingerprint density at radius 3 is 2.73 bits per heavy atom. The predicted octanol–water partition coefficient (Wildman–Crippen LogP) is 4.01. The maximum atomic E-state index is 12.2. The number of benzene rings is 2. The van der Waals surface area contributed by atoms with Crippen molar-refractivity contribution in [2.45, 2.75) is 45.3 Å². The largest absolute Gasteiger partial charge is 0.323 e. The molecule has 1 aliphatic rings. The van der Waals surface area contributed by atoms with Crippen LogP contribution in [0.3, 0.4) is 0 Å². The van der Waals surface area contributed by atoms with Gasteiger partial charge in [0.2, 0.25) is 11.7 Å². The highest BCUT2D eigenvalue weighted by Crippen LogP contribution is 2.22. The summed E-state index contributed by atoms with van der Waals surface area (Å²) < 4.78 is 0. The van der Waals surface area contributed by atoms with Gasteiger partial charge in [0.15, 0.2) is 0 Å². The van der Waals surface area contributed by atoms with Crippen LogP contribution in [0.4, 0.5) is 5.69 Å². The van der Waals surface area contributed by atoms with E-state index in [1.807, 2.05) is 24.3 Å². The number of hydrogen-bond acceptors (Lipinski definition) is 5. The molecule has 2 aromatic carbocycles. The smallest absolute Gasteiger partial charge is 0.248 e. The van der Waals surface area contributed by atoms with E-state index < -0.39 is 0 Å². The molecule has 0 radical (unpaired) electrons. The molecule has 1 unspecified atom stereocenters. The minimum atomic E-state index is -0.266. The summed E-state index contributed by atoms with van der Waals surface area (Å²) in [6.07, 6.45) is 3.88. The number of anilines is 1. The minimum Gasteiger partial charge on any atom is -0.323 e. The lowest BCUT2D eigenvalue weighted by molar-refractivity contribution is -0.117. The first-order valence-electron chi connectivity index (χ1n) is 10.2. The molecule has 1 saturated heterocycles. The third kappa shape index (κ3) is 5.04. The Morgan fingerprint density at radius 1 is 1.17 bits per heavy atom. The van der Waals surface area contributed by atoms with E-state index in [0.29, 0.717) is 22.6 Å². The Bertz CT molecular complexity index is 1000. The number of carbonyl (C=O) groups is 1. The quantitative estimate of drug-likeness (QED) is 0.647. The van der Waals surface area contributed by atoms with Crippen molar-refractivity contribution < 1.29 is 4.79 Å². The fourth-order valence-corrected chi connectivity index (χ4v) is 3.88. The SMILES string of the molecule is CC1CCCCN1Cc1ccc(-c2nnn(CC(=O)Nc3ccccc3Cl)n2)cc1. The first-order valence-corrected chi connectivity index (χ1v) is 10.6. The molecule has 1 aliphatic heterocycles. The Hall–Kier alpha value is -2.77. The second-order valence-electron chi connectivity index (χ2n) is 7.68. The number of aromatic nitrogens is 4. The monoisotopic (exact) mass is 424 g/mol. The molecule has 1 N–H and O–H groups in total. The van der Waals surface area contributed by atoms with Crippen molar-refractivity contribution >= 4 is 23.2 Å². The molecular weight excluding hydrogens is 400 g/mol. The Labute approximate surface area is 181 Å². The van der Waals surface area contributed by atoms with E-state index in [4.69, 9.17) is 11.6 Å². The van der Waals surface area contributed by atoms with Crippen molar-refractivity contribution in [2.75, 3.05) is 11.9 Å². The van der Waals surface area contributed by atoms with Gasteiger partial charge in [-0.1, -0.05) is 54.4 Å². The average Bonchev–Trinajstić information content (AvgIpc) is 3.20. The van der Waals surface area contributed by atoms with Gasteiger partial charge in [-0.3, -0.25) is 9.69 Å². The third-order valence-corrected chi connectivity index (χ3v) is 5.75. The number of hydrogen-bond donors (Lipinski definition) is 1. The van der Waals surface area contributed by atoms with Crippen LogP contribution in [0, 0.1) is 0 Å². The van der Waals surface area contributed by atoms with Gasteiger partial charge in [0.05, 0.1) is 10.7 Å². The van der Waals surface area contributed by atoms with Crippen LogP contribution in [0.5, 0.6) is 0 Å². The molecule has 8 heteroatoms. The molecule has 1 atom stereocenters. The highest BCUT2D eigenvalue weighted by Gasteiger charge is 2.18. The highest BCUT2D eigenvalue weighted by molar-refractivity contribution is 6.33. The van der Waals surface area contributed by atoms with Gasteiger partial charge in [-0.25, -0.2) is 0 Å². The van der Waals surface area contributed by atoms with Crippen LogP contribution in [-0.2, 0) is 17.9 Å². The van der Waals surface area contributed by atoms with Crippen molar-refractivity contribution in [3.8, 4) is 11.4 Å². The fourth-order valence-electron chi connectivity index (χ4n) is 3.69. The molecule has 4 rings (SSSR count). The van der Waals surface area contributed by atoms with Crippen LogP contribution in [0.25, 0.3) is 11.4 Å². The number of amides is 1. The Balaban J connectivity index is 1.36. The lowest BCUT2D eigenvalue weighted by atomic mass is 10.0. The van der Waals surface area contributed by atoms with E-state index in [9.17, 15) is 4.79 Å². The number of tetrazole rings is 1. The van der Waals surface area contributed by atoms with E-state index >= 15 is 0 Å². The zero-order chi connectivity index (χ0) is 20.9. The Morgan fingerprint density at radius 2 is 1.97 bits per heavy atom. The molecule has 0 spiro atoms. The second-order valence-corrected chi connectivity index (χ2v) is 8.09. The molecule has 3 aromatic rings. The van der Waals surface area contributed by atoms with E-state index in [0.717, 1.165) is 18.7 Å². The summed E-state index contributed by atoms with van der Waals surface area (Å²) in [6, 6.07) is 16.0. The van der Waals surface area contributed by atoms with Crippen LogP contribution in [0.15, 0.2) is 48.5 Å². The molecule has 7 nitrogen and oxygen atoms in total. The maximum Gasteiger partial charge on any atom is 0.248 e. The minimum absolute atomic E-state index is 0.0385. The number of rotatable bonds is 6. The standard InChI is InChI=1S/C22H25ClN6O/c1-16-6-4-5-13-28(16)14-17-9-11-18(12-10-17)22-25-27-29(26-22)15-21(30)24-20-8-3-2-7-19(20)23/h2-3,7-12,16H,4-6,13-15H2,1H3,(H,24,30). The molecule has 0 saturated carbocycles. The van der Waals surface area contributed by atoms with Gasteiger partial charge < -0.3 is 5.32 Å². The van der Waals surface area contributed by atoms with Crippen molar-refractivity contribution in [1.29, 1.82) is 0 Å². The van der Waals surface area contributed by atoms with Crippen LogP contribution in [0.2, 0.25) is 5.02 Å². The zero-order valence-corrected chi connectivity index (χ0v) is 17.7. The van der Waals surface area contributed by atoms with Gasteiger partial charge in [-0.2, -0.15) is 4.80 Å². The van der Waals surface area contributed by atoms with E-state index in [1.165, 1.54) is 29.6 Å². The fraction of sp³-hybridized carbons (Fsp3) is 0.364. The number of carbonyl (C=O) groups excluding carboxylic acids is 1. The number of nitrogens with one attached hydrogen (secondary N) is 1. The number of likely N-dealkylation sites (tertiary alicyclic amines) is 1. The summed E-state index contributed by atoms with van der Waals surface area (Å²) >= 11 is 6.07. The number of para-hydroxylation sites is 1. The number of piperidine rings is 1. The van der Waals surface area contributed by atoms with Gasteiger partial charge in [-0.05, 0) is 49.2 Å². The van der Waals surface area contributed by atoms with Crippen LogP contribution in [-0.4, -0.2) is 43.6 Å². The zero-order valence-electron chi connectivity index (χ0n) is 17.0. The molecule has 1 aromatic heterocycles. The molecule has 2 heterocycles. The molecule has 1 fully saturated rings. The third-order valence-electron chi connectivity index (χ3n) is 5.42. The maximum absolute atomic E-state index is 12.2.